The summed E-state index contributed by atoms with van der Waals surface area (Å²) in [5.74, 6) is 0.951. The van der Waals surface area contributed by atoms with E-state index in [1.165, 1.54) is 5.56 Å². The molecule has 0 amide bonds. The zero-order valence-corrected chi connectivity index (χ0v) is 11.6. The Hall–Kier alpha value is -1.10. The fourth-order valence-corrected chi connectivity index (χ4v) is 2.08. The summed E-state index contributed by atoms with van der Waals surface area (Å²) in [6, 6.07) is 8.30. The first-order valence-electron chi connectivity index (χ1n) is 6.91. The van der Waals surface area contributed by atoms with Crippen LogP contribution in [0.25, 0.3) is 0 Å². The van der Waals surface area contributed by atoms with Crippen LogP contribution in [0.3, 0.4) is 0 Å². The van der Waals surface area contributed by atoms with Crippen molar-refractivity contribution in [1.82, 2.24) is 5.32 Å². The van der Waals surface area contributed by atoms with Crippen LogP contribution in [-0.2, 0) is 16.0 Å². The molecule has 19 heavy (non-hydrogen) atoms. The average molecular weight is 265 g/mol. The van der Waals surface area contributed by atoms with Crippen LogP contribution in [0.15, 0.2) is 24.3 Å². The number of rotatable bonds is 7. The summed E-state index contributed by atoms with van der Waals surface area (Å²) in [7, 11) is 1.71. The van der Waals surface area contributed by atoms with E-state index >= 15 is 0 Å². The van der Waals surface area contributed by atoms with Gasteiger partial charge < -0.3 is 19.5 Å². The third-order valence-corrected chi connectivity index (χ3v) is 3.21. The third-order valence-electron chi connectivity index (χ3n) is 3.21. The average Bonchev–Trinajstić information content (AvgIpc) is 2.46. The van der Waals surface area contributed by atoms with Crippen molar-refractivity contribution in [2.45, 2.75) is 25.5 Å². The number of methoxy groups -OCH3 is 1. The minimum Gasteiger partial charge on any atom is -0.490 e. The fourth-order valence-electron chi connectivity index (χ4n) is 2.08. The smallest absolute Gasteiger partial charge is 0.119 e. The maximum atomic E-state index is 5.93. The molecular weight excluding hydrogens is 242 g/mol. The van der Waals surface area contributed by atoms with E-state index in [9.17, 15) is 0 Å². The Labute approximate surface area is 115 Å². The van der Waals surface area contributed by atoms with Crippen molar-refractivity contribution in [3.8, 4) is 5.75 Å². The second-order valence-corrected chi connectivity index (χ2v) is 4.74. The lowest BCUT2D eigenvalue weighted by molar-refractivity contribution is 0.0255. The molecule has 0 aromatic heterocycles. The van der Waals surface area contributed by atoms with Gasteiger partial charge in [0.15, 0.2) is 0 Å². The van der Waals surface area contributed by atoms with Gasteiger partial charge in [0.1, 0.15) is 11.9 Å². The van der Waals surface area contributed by atoms with Gasteiger partial charge in [-0.25, -0.2) is 0 Å². The van der Waals surface area contributed by atoms with E-state index in [1.807, 2.05) is 12.1 Å². The van der Waals surface area contributed by atoms with Crippen molar-refractivity contribution in [3.05, 3.63) is 29.8 Å². The highest BCUT2D eigenvalue weighted by Crippen LogP contribution is 2.18. The van der Waals surface area contributed by atoms with Gasteiger partial charge in [-0.15, -0.1) is 0 Å². The van der Waals surface area contributed by atoms with Gasteiger partial charge >= 0.3 is 0 Å². The first-order valence-corrected chi connectivity index (χ1v) is 6.91. The molecule has 0 spiro atoms. The Morgan fingerprint density at radius 2 is 1.95 bits per heavy atom. The molecule has 1 aromatic carbocycles. The molecule has 0 unspecified atom stereocenters. The molecular formula is C15H23NO3. The fraction of sp³-hybridized carbons (Fsp3) is 0.600. The maximum absolute atomic E-state index is 5.93. The molecule has 106 valence electrons. The van der Waals surface area contributed by atoms with Crippen molar-refractivity contribution < 1.29 is 14.2 Å². The van der Waals surface area contributed by atoms with Crippen molar-refractivity contribution in [2.24, 2.45) is 0 Å². The molecule has 0 bridgehead atoms. The molecule has 4 heteroatoms. The highest BCUT2D eigenvalue weighted by atomic mass is 16.5. The number of hydrogen-bond donors (Lipinski definition) is 1. The summed E-state index contributed by atoms with van der Waals surface area (Å²) < 4.78 is 16.2. The lowest BCUT2D eigenvalue weighted by Gasteiger charge is -2.23. The number of nitrogens with one attached hydrogen (secondary N) is 1. The van der Waals surface area contributed by atoms with Crippen LogP contribution in [0.1, 0.15) is 18.4 Å². The summed E-state index contributed by atoms with van der Waals surface area (Å²) in [6.07, 6.45) is 2.28. The quantitative estimate of drug-likeness (QED) is 0.765. The van der Waals surface area contributed by atoms with Gasteiger partial charge in [-0.2, -0.15) is 0 Å². The Balaban J connectivity index is 1.74. The molecule has 0 radical (unpaired) electrons. The zero-order valence-electron chi connectivity index (χ0n) is 11.6. The van der Waals surface area contributed by atoms with Gasteiger partial charge in [0.25, 0.3) is 0 Å². The standard InChI is InChI=1S/C15H23NO3/c1-17-11-8-16-12-13-2-4-14(5-3-13)19-15-6-9-18-10-7-15/h2-5,15-16H,6-12H2,1H3. The van der Waals surface area contributed by atoms with Gasteiger partial charge in [0, 0.05) is 33.0 Å². The molecule has 4 nitrogen and oxygen atoms in total. The normalized spacial score (nSPS) is 16.5. The van der Waals surface area contributed by atoms with Gasteiger partial charge in [0.05, 0.1) is 19.8 Å². The van der Waals surface area contributed by atoms with Gasteiger partial charge in [-0.05, 0) is 17.7 Å². The second kappa shape index (κ2) is 8.15. The summed E-state index contributed by atoms with van der Waals surface area (Å²) in [5, 5.41) is 3.32. The van der Waals surface area contributed by atoms with E-state index in [0.717, 1.165) is 51.5 Å². The van der Waals surface area contributed by atoms with Crippen LogP contribution in [0.2, 0.25) is 0 Å². The molecule has 0 aliphatic carbocycles. The lowest BCUT2D eigenvalue weighted by Crippen LogP contribution is -2.25. The number of ether oxygens (including phenoxy) is 3. The van der Waals surface area contributed by atoms with Crippen molar-refractivity contribution in [2.75, 3.05) is 33.5 Å². The van der Waals surface area contributed by atoms with Gasteiger partial charge in [-0.1, -0.05) is 12.1 Å². The Kier molecular flexibility index (Phi) is 6.14. The Morgan fingerprint density at radius 1 is 1.21 bits per heavy atom. The van der Waals surface area contributed by atoms with Gasteiger partial charge in [0.2, 0.25) is 0 Å². The van der Waals surface area contributed by atoms with E-state index in [0.29, 0.717) is 6.10 Å². The molecule has 1 aromatic rings. The highest BCUT2D eigenvalue weighted by molar-refractivity contribution is 5.27. The van der Waals surface area contributed by atoms with Crippen LogP contribution >= 0.6 is 0 Å². The molecule has 1 aliphatic heterocycles. The molecule has 1 N–H and O–H groups in total. The first-order chi connectivity index (χ1) is 9.38. The minimum atomic E-state index is 0.305. The van der Waals surface area contributed by atoms with Crippen molar-refractivity contribution in [1.29, 1.82) is 0 Å². The second-order valence-electron chi connectivity index (χ2n) is 4.74. The lowest BCUT2D eigenvalue weighted by atomic mass is 10.1. The van der Waals surface area contributed by atoms with Gasteiger partial charge in [-0.3, -0.25) is 0 Å². The monoisotopic (exact) mass is 265 g/mol. The van der Waals surface area contributed by atoms with Crippen LogP contribution in [-0.4, -0.2) is 39.6 Å². The molecule has 0 saturated carbocycles. The molecule has 0 atom stereocenters. The Bertz CT molecular complexity index is 347. The number of benzene rings is 1. The van der Waals surface area contributed by atoms with E-state index in [4.69, 9.17) is 14.2 Å². The molecule has 2 rings (SSSR count). The minimum absolute atomic E-state index is 0.305. The van der Waals surface area contributed by atoms with Crippen LogP contribution < -0.4 is 10.1 Å². The molecule has 1 aliphatic rings. The first kappa shape index (κ1) is 14.3. The zero-order chi connectivity index (χ0) is 13.3. The number of hydrogen-bond acceptors (Lipinski definition) is 4. The van der Waals surface area contributed by atoms with E-state index in [-0.39, 0.29) is 0 Å². The largest absolute Gasteiger partial charge is 0.490 e. The molecule has 1 saturated heterocycles. The van der Waals surface area contributed by atoms with E-state index < -0.39 is 0 Å². The van der Waals surface area contributed by atoms with Crippen LogP contribution in [0.5, 0.6) is 5.75 Å². The Morgan fingerprint density at radius 3 is 2.63 bits per heavy atom. The molecule has 1 heterocycles. The predicted octanol–water partition coefficient (Wildman–Crippen LogP) is 1.98. The maximum Gasteiger partial charge on any atom is 0.119 e. The van der Waals surface area contributed by atoms with E-state index in [2.05, 4.69) is 17.4 Å². The summed E-state index contributed by atoms with van der Waals surface area (Å²) >= 11 is 0. The summed E-state index contributed by atoms with van der Waals surface area (Å²) in [5.41, 5.74) is 1.26. The topological polar surface area (TPSA) is 39.7 Å². The van der Waals surface area contributed by atoms with Crippen molar-refractivity contribution >= 4 is 0 Å². The predicted molar refractivity (Wildman–Crippen MR) is 74.5 cm³/mol. The van der Waals surface area contributed by atoms with E-state index in [1.54, 1.807) is 7.11 Å². The van der Waals surface area contributed by atoms with Crippen molar-refractivity contribution in [3.63, 3.8) is 0 Å². The summed E-state index contributed by atoms with van der Waals surface area (Å²) in [4.78, 5) is 0. The third kappa shape index (κ3) is 5.19. The SMILES string of the molecule is COCCNCc1ccc(OC2CCOCC2)cc1. The molecule has 1 fully saturated rings. The summed E-state index contributed by atoms with van der Waals surface area (Å²) in [6.45, 7) is 4.10. The highest BCUT2D eigenvalue weighted by Gasteiger charge is 2.14. The van der Waals surface area contributed by atoms with Crippen LogP contribution in [0, 0.1) is 0 Å². The van der Waals surface area contributed by atoms with Crippen LogP contribution in [0.4, 0.5) is 0 Å².